The minimum Gasteiger partial charge on any atom is -0.511 e. The quantitative estimate of drug-likeness (QED) is 0.162. The number of carbonyl (C=O) groups is 3. The minimum atomic E-state index is -1.10. The summed E-state index contributed by atoms with van der Waals surface area (Å²) in [6, 6.07) is 32.3. The number of ether oxygens (including phenoxy) is 1. The monoisotopic (exact) mass is 580 g/mol. The first kappa shape index (κ1) is 28.7. The number of aliphatic hydroxyl groups excluding tert-OH is 1. The van der Waals surface area contributed by atoms with Gasteiger partial charge in [-0.25, -0.2) is 14.4 Å². The van der Waals surface area contributed by atoms with E-state index in [2.05, 4.69) is 0 Å². The number of cyclic esters (lactones) is 1. The molecule has 1 unspecified atom stereocenters. The van der Waals surface area contributed by atoms with E-state index in [1.807, 2.05) is 60.7 Å². The van der Waals surface area contributed by atoms with Crippen LogP contribution in [0.5, 0.6) is 0 Å². The summed E-state index contributed by atoms with van der Waals surface area (Å²) in [5, 5.41) is 11.4. The molecule has 0 fully saturated rings. The van der Waals surface area contributed by atoms with Crippen LogP contribution in [-0.2, 0) is 29.9 Å². The summed E-state index contributed by atoms with van der Waals surface area (Å²) >= 11 is 0.230. The number of aryl methyl sites for hydroxylation is 2. The van der Waals surface area contributed by atoms with Gasteiger partial charge in [-0.2, -0.15) is 0 Å². The van der Waals surface area contributed by atoms with Crippen molar-refractivity contribution in [3.8, 4) is 0 Å². The Hall–Kier alpha value is -4.82. The Morgan fingerprint density at radius 1 is 0.833 bits per heavy atom. The largest absolute Gasteiger partial charge is 0.511 e. The maximum absolute atomic E-state index is 13.7. The molecule has 0 saturated carbocycles. The number of rotatable bonds is 9. The fraction of sp³-hybridized carbons (Fsp3) is 0.147. The second kappa shape index (κ2) is 12.8. The van der Waals surface area contributed by atoms with Gasteiger partial charge in [-0.3, -0.25) is 0 Å². The van der Waals surface area contributed by atoms with Crippen LogP contribution in [0.25, 0.3) is 5.57 Å². The zero-order chi connectivity index (χ0) is 29.5. The highest BCUT2D eigenvalue weighted by Crippen LogP contribution is 2.44. The number of esters is 1. The average Bonchev–Trinajstić information content (AvgIpc) is 3.01. The smallest absolute Gasteiger partial charge is 0.353 e. The number of hydrogen-bond acceptors (Lipinski definition) is 8. The molecule has 1 aliphatic rings. The van der Waals surface area contributed by atoms with Gasteiger partial charge in [0, 0.05) is 5.56 Å². The molecule has 42 heavy (non-hydrogen) atoms. The Labute approximate surface area is 248 Å². The molecule has 1 atom stereocenters. The normalized spacial score (nSPS) is 16.5. The Balaban J connectivity index is 1.42. The molecule has 0 saturated heterocycles. The predicted molar refractivity (Wildman–Crippen MR) is 159 cm³/mol. The van der Waals surface area contributed by atoms with Gasteiger partial charge >= 0.3 is 17.9 Å². The highest BCUT2D eigenvalue weighted by atomic mass is 32.2. The average molecular weight is 581 g/mol. The lowest BCUT2D eigenvalue weighted by Gasteiger charge is -2.38. The standard InChI is InChI=1S/C34H28O7S/c1-23-12-11-19-27(32(37)41-42-40-31(36)25-15-7-3-8-16-25)29(23)30-28(35)22-34(39-33(30)38,26-17-9-4-10-18-26)21-20-24-13-5-2-6-14-24/h2-19,35H,20-22H2,1H3. The highest BCUT2D eigenvalue weighted by Gasteiger charge is 2.44. The van der Waals surface area contributed by atoms with Crippen molar-refractivity contribution < 1.29 is 32.6 Å². The van der Waals surface area contributed by atoms with E-state index in [1.54, 1.807) is 49.4 Å². The molecule has 0 radical (unpaired) electrons. The second-order valence-corrected chi connectivity index (χ2v) is 10.4. The fourth-order valence-electron chi connectivity index (χ4n) is 5.08. The van der Waals surface area contributed by atoms with Crippen molar-refractivity contribution in [2.24, 2.45) is 0 Å². The van der Waals surface area contributed by atoms with Crippen molar-refractivity contribution in [2.75, 3.05) is 0 Å². The van der Waals surface area contributed by atoms with Crippen LogP contribution in [0, 0.1) is 6.92 Å². The van der Waals surface area contributed by atoms with Gasteiger partial charge in [-0.1, -0.05) is 91.0 Å². The first-order chi connectivity index (χ1) is 20.4. The fourth-order valence-corrected chi connectivity index (χ4v) is 5.42. The van der Waals surface area contributed by atoms with Crippen LogP contribution >= 0.6 is 12.3 Å². The van der Waals surface area contributed by atoms with Crippen molar-refractivity contribution in [1.29, 1.82) is 0 Å². The van der Waals surface area contributed by atoms with Gasteiger partial charge in [0.15, 0.2) is 0 Å². The lowest BCUT2D eigenvalue weighted by molar-refractivity contribution is -0.157. The van der Waals surface area contributed by atoms with Crippen LogP contribution in [0.15, 0.2) is 115 Å². The summed E-state index contributed by atoms with van der Waals surface area (Å²) in [7, 11) is 0. The summed E-state index contributed by atoms with van der Waals surface area (Å²) in [6.07, 6.45) is 1.08. The molecule has 1 heterocycles. The van der Waals surface area contributed by atoms with Gasteiger partial charge in [-0.15, -0.1) is 0 Å². The third-order valence-electron chi connectivity index (χ3n) is 7.17. The highest BCUT2D eigenvalue weighted by molar-refractivity contribution is 7.90. The van der Waals surface area contributed by atoms with Crippen LogP contribution < -0.4 is 0 Å². The number of aliphatic hydroxyl groups is 1. The summed E-state index contributed by atoms with van der Waals surface area (Å²) in [5.74, 6) is -2.46. The summed E-state index contributed by atoms with van der Waals surface area (Å²) in [6.45, 7) is 1.72. The molecule has 7 nitrogen and oxygen atoms in total. The van der Waals surface area contributed by atoms with Crippen LogP contribution in [0.1, 0.15) is 55.8 Å². The Morgan fingerprint density at radius 3 is 2.12 bits per heavy atom. The van der Waals surface area contributed by atoms with Gasteiger partial charge < -0.3 is 18.2 Å². The first-order valence-corrected chi connectivity index (χ1v) is 14.0. The van der Waals surface area contributed by atoms with Gasteiger partial charge in [0.1, 0.15) is 16.9 Å². The zero-order valence-electron chi connectivity index (χ0n) is 22.8. The van der Waals surface area contributed by atoms with Gasteiger partial charge in [0.05, 0.1) is 17.5 Å². The summed E-state index contributed by atoms with van der Waals surface area (Å²) in [5.41, 5.74) is 1.72. The van der Waals surface area contributed by atoms with E-state index < -0.39 is 23.5 Å². The Bertz CT molecular complexity index is 1620. The van der Waals surface area contributed by atoms with Crippen LogP contribution in [0.3, 0.4) is 0 Å². The van der Waals surface area contributed by atoms with Crippen molar-refractivity contribution >= 4 is 35.8 Å². The maximum atomic E-state index is 13.7. The number of hydrogen-bond donors (Lipinski definition) is 1. The molecular weight excluding hydrogens is 552 g/mol. The van der Waals surface area contributed by atoms with E-state index in [9.17, 15) is 19.5 Å². The van der Waals surface area contributed by atoms with Gasteiger partial charge in [0.25, 0.3) is 12.3 Å². The molecule has 4 aromatic carbocycles. The van der Waals surface area contributed by atoms with Crippen LogP contribution in [-0.4, -0.2) is 23.0 Å². The molecule has 5 rings (SSSR count). The van der Waals surface area contributed by atoms with Gasteiger partial charge in [0.2, 0.25) is 0 Å². The lowest BCUT2D eigenvalue weighted by atomic mass is 9.80. The summed E-state index contributed by atoms with van der Waals surface area (Å²) in [4.78, 5) is 39.0. The lowest BCUT2D eigenvalue weighted by Crippen LogP contribution is -2.38. The molecule has 0 amide bonds. The molecule has 8 heteroatoms. The van der Waals surface area contributed by atoms with E-state index in [1.165, 1.54) is 6.07 Å². The molecule has 0 aromatic heterocycles. The molecule has 0 bridgehead atoms. The van der Waals surface area contributed by atoms with E-state index >= 15 is 0 Å². The number of benzene rings is 4. The molecule has 212 valence electrons. The van der Waals surface area contributed by atoms with Crippen molar-refractivity contribution in [3.63, 3.8) is 0 Å². The third-order valence-corrected chi connectivity index (χ3v) is 7.60. The van der Waals surface area contributed by atoms with Crippen molar-refractivity contribution in [1.82, 2.24) is 0 Å². The Morgan fingerprint density at radius 2 is 1.45 bits per heavy atom. The van der Waals surface area contributed by atoms with Crippen molar-refractivity contribution in [2.45, 2.75) is 31.8 Å². The van der Waals surface area contributed by atoms with E-state index in [-0.39, 0.29) is 41.2 Å². The first-order valence-electron chi connectivity index (χ1n) is 13.4. The molecule has 0 spiro atoms. The van der Waals surface area contributed by atoms with Crippen LogP contribution in [0.4, 0.5) is 0 Å². The Kier molecular flexibility index (Phi) is 8.74. The third kappa shape index (κ3) is 6.24. The van der Waals surface area contributed by atoms with Crippen LogP contribution in [0.2, 0.25) is 0 Å². The predicted octanol–water partition coefficient (Wildman–Crippen LogP) is 7.32. The minimum absolute atomic E-state index is 0.0215. The second-order valence-electron chi connectivity index (χ2n) is 9.91. The molecule has 1 aliphatic heterocycles. The summed E-state index contributed by atoms with van der Waals surface area (Å²) < 4.78 is 16.3. The molecule has 1 N–H and O–H groups in total. The van der Waals surface area contributed by atoms with Gasteiger partial charge in [-0.05, 0) is 54.7 Å². The van der Waals surface area contributed by atoms with Crippen molar-refractivity contribution in [3.05, 3.63) is 148 Å². The SMILES string of the molecule is Cc1cccc(C(=O)OSOC(=O)c2ccccc2)c1C1=C(O)CC(CCc2ccccc2)(c2ccccc2)OC1=O. The van der Waals surface area contributed by atoms with E-state index in [4.69, 9.17) is 13.1 Å². The molecule has 4 aromatic rings. The number of carbonyl (C=O) groups excluding carboxylic acids is 3. The maximum Gasteiger partial charge on any atom is 0.353 e. The topological polar surface area (TPSA) is 99.1 Å². The molecular formula is C34H28O7S. The zero-order valence-corrected chi connectivity index (χ0v) is 23.6. The molecule has 0 aliphatic carbocycles. The van der Waals surface area contributed by atoms with E-state index in [0.29, 0.717) is 24.0 Å². The van der Waals surface area contributed by atoms with E-state index in [0.717, 1.165) is 11.1 Å².